The number of anilines is 1. The standard InChI is InChI=1S/C18H12F3NO3/c19-18(20,21)13-8-5-12(6-9-13)17(24)22(25)15-10-7-11-3-1-2-4-14(11)16(15)23/h1-10,23,25H. The molecule has 3 rings (SSSR count). The molecule has 7 heteroatoms. The van der Waals surface area contributed by atoms with Gasteiger partial charge in [-0.25, -0.2) is 0 Å². The Morgan fingerprint density at radius 1 is 0.920 bits per heavy atom. The third kappa shape index (κ3) is 3.14. The summed E-state index contributed by atoms with van der Waals surface area (Å²) in [6, 6.07) is 13.2. The molecule has 0 unspecified atom stereocenters. The molecule has 0 aliphatic heterocycles. The zero-order valence-corrected chi connectivity index (χ0v) is 12.7. The summed E-state index contributed by atoms with van der Waals surface area (Å²) in [6.45, 7) is 0. The van der Waals surface area contributed by atoms with Crippen LogP contribution in [0, 0.1) is 0 Å². The van der Waals surface area contributed by atoms with Gasteiger partial charge in [-0.05, 0) is 35.7 Å². The van der Waals surface area contributed by atoms with Crippen molar-refractivity contribution in [3.8, 4) is 5.75 Å². The van der Waals surface area contributed by atoms with E-state index in [0.29, 0.717) is 10.8 Å². The summed E-state index contributed by atoms with van der Waals surface area (Å²) in [5, 5.41) is 21.7. The van der Waals surface area contributed by atoms with E-state index >= 15 is 0 Å². The van der Waals surface area contributed by atoms with E-state index in [1.807, 2.05) is 0 Å². The van der Waals surface area contributed by atoms with Crippen LogP contribution in [0.2, 0.25) is 0 Å². The largest absolute Gasteiger partial charge is 0.505 e. The maximum absolute atomic E-state index is 12.6. The Hall–Kier alpha value is -3.06. The highest BCUT2D eigenvalue weighted by Crippen LogP contribution is 2.35. The van der Waals surface area contributed by atoms with Crippen LogP contribution in [0.25, 0.3) is 10.8 Å². The molecule has 3 aromatic carbocycles. The van der Waals surface area contributed by atoms with E-state index in [1.165, 1.54) is 6.07 Å². The first kappa shape index (κ1) is 16.8. The van der Waals surface area contributed by atoms with Crippen LogP contribution in [0.3, 0.4) is 0 Å². The van der Waals surface area contributed by atoms with Crippen molar-refractivity contribution in [3.05, 3.63) is 71.8 Å². The number of phenols is 1. The van der Waals surface area contributed by atoms with Gasteiger partial charge in [0.2, 0.25) is 0 Å². The Morgan fingerprint density at radius 3 is 2.20 bits per heavy atom. The molecule has 0 bridgehead atoms. The number of rotatable bonds is 2. The van der Waals surface area contributed by atoms with Gasteiger partial charge in [0.25, 0.3) is 5.91 Å². The number of phenolic OH excluding ortho intramolecular Hbond substituents is 1. The molecule has 0 radical (unpaired) electrons. The summed E-state index contributed by atoms with van der Waals surface area (Å²) >= 11 is 0. The molecule has 0 aromatic heterocycles. The second kappa shape index (κ2) is 6.10. The van der Waals surface area contributed by atoms with Gasteiger partial charge in [0, 0.05) is 10.9 Å². The van der Waals surface area contributed by atoms with Gasteiger partial charge in [0.05, 0.1) is 5.56 Å². The Balaban J connectivity index is 1.94. The Bertz CT molecular complexity index is 936. The van der Waals surface area contributed by atoms with E-state index in [4.69, 9.17) is 0 Å². The van der Waals surface area contributed by atoms with Gasteiger partial charge in [-0.1, -0.05) is 30.3 Å². The highest BCUT2D eigenvalue weighted by atomic mass is 19.4. The minimum Gasteiger partial charge on any atom is -0.505 e. The summed E-state index contributed by atoms with van der Waals surface area (Å²) in [6.07, 6.45) is -4.52. The molecule has 0 heterocycles. The van der Waals surface area contributed by atoms with Crippen LogP contribution < -0.4 is 5.06 Å². The lowest BCUT2D eigenvalue weighted by Crippen LogP contribution is -2.27. The Labute approximate surface area is 140 Å². The molecule has 128 valence electrons. The quantitative estimate of drug-likeness (QED) is 0.526. The van der Waals surface area contributed by atoms with Crippen LogP contribution in [0.1, 0.15) is 15.9 Å². The van der Waals surface area contributed by atoms with Crippen molar-refractivity contribution in [1.82, 2.24) is 0 Å². The van der Waals surface area contributed by atoms with Crippen LogP contribution in [-0.2, 0) is 6.18 Å². The highest BCUT2D eigenvalue weighted by molar-refractivity contribution is 6.07. The maximum Gasteiger partial charge on any atom is 0.416 e. The number of hydroxylamine groups is 1. The predicted octanol–water partition coefficient (Wildman–Crippen LogP) is 4.60. The molecule has 0 atom stereocenters. The van der Waals surface area contributed by atoms with Crippen molar-refractivity contribution >= 4 is 22.4 Å². The average Bonchev–Trinajstić information content (AvgIpc) is 2.60. The number of hydrogen-bond acceptors (Lipinski definition) is 3. The van der Waals surface area contributed by atoms with Crippen LogP contribution in [0.15, 0.2) is 60.7 Å². The summed E-state index contributed by atoms with van der Waals surface area (Å²) < 4.78 is 37.7. The van der Waals surface area contributed by atoms with E-state index in [-0.39, 0.29) is 22.1 Å². The number of amides is 1. The van der Waals surface area contributed by atoms with Crippen LogP contribution in [0.5, 0.6) is 5.75 Å². The van der Waals surface area contributed by atoms with Crippen molar-refractivity contribution in [2.75, 3.05) is 5.06 Å². The number of hydrogen-bond donors (Lipinski definition) is 2. The van der Waals surface area contributed by atoms with E-state index in [0.717, 1.165) is 24.3 Å². The van der Waals surface area contributed by atoms with Crippen molar-refractivity contribution in [1.29, 1.82) is 0 Å². The lowest BCUT2D eigenvalue weighted by Gasteiger charge is -2.17. The fourth-order valence-electron chi connectivity index (χ4n) is 2.45. The summed E-state index contributed by atoms with van der Waals surface area (Å²) in [5.74, 6) is -1.26. The fraction of sp³-hybridized carbons (Fsp3) is 0.0556. The van der Waals surface area contributed by atoms with Gasteiger partial charge in [-0.15, -0.1) is 0 Å². The molecule has 1 amide bonds. The number of aromatic hydroxyl groups is 1. The Morgan fingerprint density at radius 2 is 1.56 bits per heavy atom. The zero-order chi connectivity index (χ0) is 18.2. The minimum absolute atomic E-state index is 0.150. The number of fused-ring (bicyclic) bond motifs is 1. The predicted molar refractivity (Wildman–Crippen MR) is 85.7 cm³/mol. The van der Waals surface area contributed by atoms with Crippen molar-refractivity contribution in [2.45, 2.75) is 6.18 Å². The molecule has 25 heavy (non-hydrogen) atoms. The number of carbonyl (C=O) groups excluding carboxylic acids is 1. The van der Waals surface area contributed by atoms with Crippen molar-refractivity contribution < 1.29 is 28.3 Å². The lowest BCUT2D eigenvalue weighted by atomic mass is 10.1. The van der Waals surface area contributed by atoms with E-state index in [9.17, 15) is 28.3 Å². The molecule has 2 N–H and O–H groups in total. The first-order valence-electron chi connectivity index (χ1n) is 7.20. The summed E-state index contributed by atoms with van der Waals surface area (Å²) in [7, 11) is 0. The second-order valence-electron chi connectivity index (χ2n) is 5.35. The summed E-state index contributed by atoms with van der Waals surface area (Å²) in [4.78, 5) is 12.3. The molecule has 0 spiro atoms. The van der Waals surface area contributed by atoms with Crippen LogP contribution in [0.4, 0.5) is 18.9 Å². The monoisotopic (exact) mass is 347 g/mol. The van der Waals surface area contributed by atoms with Crippen LogP contribution >= 0.6 is 0 Å². The molecular formula is C18H12F3NO3. The molecule has 0 saturated carbocycles. The number of nitrogens with zero attached hydrogens (tertiary/aromatic N) is 1. The highest BCUT2D eigenvalue weighted by Gasteiger charge is 2.30. The average molecular weight is 347 g/mol. The molecule has 0 fully saturated rings. The molecule has 0 saturated heterocycles. The smallest absolute Gasteiger partial charge is 0.416 e. The number of halogens is 3. The fourth-order valence-corrected chi connectivity index (χ4v) is 2.45. The van der Waals surface area contributed by atoms with Gasteiger partial charge >= 0.3 is 6.18 Å². The third-order valence-electron chi connectivity index (χ3n) is 3.76. The van der Waals surface area contributed by atoms with E-state index in [1.54, 1.807) is 30.3 Å². The molecule has 3 aromatic rings. The SMILES string of the molecule is O=C(c1ccc(C(F)(F)F)cc1)N(O)c1ccc2ccccc2c1O. The van der Waals surface area contributed by atoms with Crippen LogP contribution in [-0.4, -0.2) is 16.2 Å². The Kier molecular flexibility index (Phi) is 4.10. The van der Waals surface area contributed by atoms with Gasteiger partial charge in [0.15, 0.2) is 0 Å². The van der Waals surface area contributed by atoms with E-state index in [2.05, 4.69) is 0 Å². The number of alkyl halides is 3. The maximum atomic E-state index is 12.6. The molecule has 0 aliphatic rings. The van der Waals surface area contributed by atoms with Crippen molar-refractivity contribution in [2.24, 2.45) is 0 Å². The second-order valence-corrected chi connectivity index (χ2v) is 5.35. The third-order valence-corrected chi connectivity index (χ3v) is 3.76. The van der Waals surface area contributed by atoms with Gasteiger partial charge in [-0.3, -0.25) is 10.0 Å². The lowest BCUT2D eigenvalue weighted by molar-refractivity contribution is -0.137. The topological polar surface area (TPSA) is 60.8 Å². The van der Waals surface area contributed by atoms with Gasteiger partial charge in [0.1, 0.15) is 11.4 Å². The number of carbonyl (C=O) groups is 1. The normalized spacial score (nSPS) is 11.5. The summed E-state index contributed by atoms with van der Waals surface area (Å²) in [5.41, 5.74) is -1.21. The molecular weight excluding hydrogens is 335 g/mol. The molecule has 4 nitrogen and oxygen atoms in total. The first-order valence-corrected chi connectivity index (χ1v) is 7.20. The van der Waals surface area contributed by atoms with E-state index < -0.39 is 17.6 Å². The first-order chi connectivity index (χ1) is 11.8. The molecule has 0 aliphatic carbocycles. The van der Waals surface area contributed by atoms with Gasteiger partial charge in [-0.2, -0.15) is 18.2 Å². The van der Waals surface area contributed by atoms with Crippen molar-refractivity contribution in [3.63, 3.8) is 0 Å². The minimum atomic E-state index is -4.52. The zero-order valence-electron chi connectivity index (χ0n) is 12.7. The van der Waals surface area contributed by atoms with Gasteiger partial charge < -0.3 is 5.11 Å². The number of benzene rings is 3.